The van der Waals surface area contributed by atoms with Gasteiger partial charge in [0.2, 0.25) is 11.8 Å². The van der Waals surface area contributed by atoms with E-state index < -0.39 is 0 Å². The highest BCUT2D eigenvalue weighted by Gasteiger charge is 2.26. The van der Waals surface area contributed by atoms with Crippen LogP contribution in [-0.2, 0) is 14.3 Å². The average molecular weight is 479 g/mol. The molecule has 2 aliphatic heterocycles. The fraction of sp³-hybridized carbons (Fsp3) is 0.625. The monoisotopic (exact) mass is 478 g/mol. The number of hydrogen-bond donors (Lipinski definition) is 1. The predicted molar refractivity (Wildman–Crippen MR) is 128 cm³/mol. The Bertz CT molecular complexity index is 820. The van der Waals surface area contributed by atoms with Gasteiger partial charge in [0.05, 0.1) is 6.61 Å². The smallest absolute Gasteiger partial charge is 0.409 e. The number of amides is 3. The summed E-state index contributed by atoms with van der Waals surface area (Å²) >= 11 is 6.09. The van der Waals surface area contributed by atoms with E-state index in [1.54, 1.807) is 11.8 Å². The Kier molecular flexibility index (Phi) is 9.23. The molecule has 0 saturated carbocycles. The second kappa shape index (κ2) is 12.1. The molecule has 2 aliphatic rings. The number of carbonyl (C=O) groups is 3. The quantitative estimate of drug-likeness (QED) is 0.651. The fourth-order valence-corrected chi connectivity index (χ4v) is 4.60. The average Bonchev–Trinajstić information content (AvgIpc) is 2.79. The number of likely N-dealkylation sites (tertiary alicyclic amines) is 1. The number of piperidine rings is 1. The molecular formula is C24H35ClN4O4. The van der Waals surface area contributed by atoms with E-state index in [-0.39, 0.29) is 29.9 Å². The predicted octanol–water partition coefficient (Wildman–Crippen LogP) is 3.14. The van der Waals surface area contributed by atoms with Crippen molar-refractivity contribution >= 4 is 35.2 Å². The number of rotatable bonds is 7. The van der Waals surface area contributed by atoms with Crippen LogP contribution in [0.3, 0.4) is 0 Å². The van der Waals surface area contributed by atoms with Crippen LogP contribution in [-0.4, -0.2) is 79.6 Å². The highest BCUT2D eigenvalue weighted by Crippen LogP contribution is 2.21. The van der Waals surface area contributed by atoms with E-state index in [0.717, 1.165) is 31.6 Å². The number of ether oxygens (including phenoxy) is 1. The zero-order valence-electron chi connectivity index (χ0n) is 19.6. The van der Waals surface area contributed by atoms with E-state index in [1.165, 1.54) is 0 Å². The molecule has 1 aromatic carbocycles. The Labute approximate surface area is 201 Å². The van der Waals surface area contributed by atoms with Crippen molar-refractivity contribution in [3.8, 4) is 0 Å². The number of nitrogens with zero attached hydrogens (tertiary/aromatic N) is 3. The molecule has 0 radical (unpaired) electrons. The van der Waals surface area contributed by atoms with Gasteiger partial charge >= 0.3 is 6.09 Å². The van der Waals surface area contributed by atoms with Crippen molar-refractivity contribution in [2.75, 3.05) is 50.8 Å². The molecule has 0 unspecified atom stereocenters. The second-order valence-corrected chi connectivity index (χ2v) is 9.33. The first-order valence-corrected chi connectivity index (χ1v) is 12.2. The second-order valence-electron chi connectivity index (χ2n) is 8.89. The summed E-state index contributed by atoms with van der Waals surface area (Å²) in [6.07, 6.45) is 1.84. The van der Waals surface area contributed by atoms with Crippen LogP contribution in [0.4, 0.5) is 10.5 Å². The van der Waals surface area contributed by atoms with Crippen LogP contribution in [0, 0.1) is 5.92 Å². The van der Waals surface area contributed by atoms with Gasteiger partial charge in [0.25, 0.3) is 0 Å². The maximum atomic E-state index is 12.7. The van der Waals surface area contributed by atoms with Gasteiger partial charge in [-0.1, -0.05) is 24.6 Å². The third-order valence-corrected chi connectivity index (χ3v) is 6.48. The molecular weight excluding hydrogens is 444 g/mol. The van der Waals surface area contributed by atoms with Gasteiger partial charge in [-0.25, -0.2) is 4.79 Å². The molecule has 9 heteroatoms. The minimum Gasteiger partial charge on any atom is -0.450 e. The van der Waals surface area contributed by atoms with E-state index >= 15 is 0 Å². The summed E-state index contributed by atoms with van der Waals surface area (Å²) in [6.45, 7) is 8.14. The minimum absolute atomic E-state index is 0.0249. The van der Waals surface area contributed by atoms with Crippen molar-refractivity contribution in [1.82, 2.24) is 15.1 Å². The van der Waals surface area contributed by atoms with Gasteiger partial charge in [-0.05, 0) is 43.9 Å². The number of halogens is 1. The van der Waals surface area contributed by atoms with Crippen molar-refractivity contribution in [3.05, 3.63) is 29.3 Å². The molecule has 0 aromatic heterocycles. The van der Waals surface area contributed by atoms with Crippen LogP contribution < -0.4 is 10.2 Å². The third kappa shape index (κ3) is 7.52. The molecule has 0 spiro atoms. The lowest BCUT2D eigenvalue weighted by atomic mass is 10.0. The molecule has 33 heavy (non-hydrogen) atoms. The normalized spacial score (nSPS) is 18.1. The van der Waals surface area contributed by atoms with Gasteiger partial charge in [0.1, 0.15) is 0 Å². The van der Waals surface area contributed by atoms with E-state index in [9.17, 15) is 14.4 Å². The zero-order valence-corrected chi connectivity index (χ0v) is 20.4. The SMILES string of the molecule is CCOC(=O)N1CCC(NC(=O)C[C@H](C)CC(=O)N2CCN(c3cccc(Cl)c3)CC2)CC1. The first kappa shape index (κ1) is 25.1. The van der Waals surface area contributed by atoms with Crippen LogP contribution in [0.2, 0.25) is 5.02 Å². The first-order chi connectivity index (χ1) is 15.9. The zero-order chi connectivity index (χ0) is 23.8. The molecule has 3 rings (SSSR count). The molecule has 2 saturated heterocycles. The molecule has 1 N–H and O–H groups in total. The van der Waals surface area contributed by atoms with E-state index in [1.807, 2.05) is 36.1 Å². The van der Waals surface area contributed by atoms with E-state index in [0.29, 0.717) is 50.7 Å². The molecule has 1 aromatic rings. The Morgan fingerprint density at radius 2 is 1.76 bits per heavy atom. The number of anilines is 1. The lowest BCUT2D eigenvalue weighted by Crippen LogP contribution is -2.49. The summed E-state index contributed by atoms with van der Waals surface area (Å²) in [5, 5.41) is 3.77. The summed E-state index contributed by atoms with van der Waals surface area (Å²) < 4.78 is 5.03. The van der Waals surface area contributed by atoms with Gasteiger partial charge in [-0.15, -0.1) is 0 Å². The van der Waals surface area contributed by atoms with E-state index in [2.05, 4.69) is 10.2 Å². The molecule has 8 nitrogen and oxygen atoms in total. The van der Waals surface area contributed by atoms with Crippen LogP contribution in [0.5, 0.6) is 0 Å². The van der Waals surface area contributed by atoms with Gasteiger partial charge in [0, 0.05) is 68.9 Å². The molecule has 0 bridgehead atoms. The molecule has 1 atom stereocenters. The topological polar surface area (TPSA) is 82.2 Å². The van der Waals surface area contributed by atoms with Gasteiger partial charge in [0.15, 0.2) is 0 Å². The van der Waals surface area contributed by atoms with E-state index in [4.69, 9.17) is 16.3 Å². The van der Waals surface area contributed by atoms with Crippen molar-refractivity contribution in [2.45, 2.75) is 45.6 Å². The molecule has 2 heterocycles. The Morgan fingerprint density at radius 3 is 2.39 bits per heavy atom. The lowest BCUT2D eigenvalue weighted by Gasteiger charge is -2.36. The van der Waals surface area contributed by atoms with Crippen LogP contribution in [0.25, 0.3) is 0 Å². The number of piperazine rings is 1. The first-order valence-electron chi connectivity index (χ1n) is 11.8. The third-order valence-electron chi connectivity index (χ3n) is 6.25. The van der Waals surface area contributed by atoms with Crippen molar-refractivity contribution in [2.24, 2.45) is 5.92 Å². The van der Waals surface area contributed by atoms with Gasteiger partial charge in [-0.2, -0.15) is 0 Å². The van der Waals surface area contributed by atoms with Crippen molar-refractivity contribution in [3.63, 3.8) is 0 Å². The Hall–Kier alpha value is -2.48. The Balaban J connectivity index is 1.35. The minimum atomic E-state index is -0.289. The molecule has 0 aliphatic carbocycles. The number of benzene rings is 1. The van der Waals surface area contributed by atoms with Crippen molar-refractivity contribution < 1.29 is 19.1 Å². The Morgan fingerprint density at radius 1 is 1.06 bits per heavy atom. The standard InChI is InChI=1S/C24H35ClN4O4/c1-3-33-24(32)29-9-7-20(8-10-29)26-22(30)15-18(2)16-23(31)28-13-11-27(12-14-28)21-6-4-5-19(25)17-21/h4-6,17-18,20H,3,7-16H2,1-2H3,(H,26,30)/t18-/m0/s1. The maximum Gasteiger partial charge on any atom is 0.409 e. The fourth-order valence-electron chi connectivity index (χ4n) is 4.41. The lowest BCUT2D eigenvalue weighted by molar-refractivity contribution is -0.132. The summed E-state index contributed by atoms with van der Waals surface area (Å²) in [5.41, 5.74) is 1.08. The summed E-state index contributed by atoms with van der Waals surface area (Å²) in [7, 11) is 0. The highest BCUT2D eigenvalue weighted by molar-refractivity contribution is 6.30. The molecule has 182 valence electrons. The maximum absolute atomic E-state index is 12.7. The highest BCUT2D eigenvalue weighted by atomic mass is 35.5. The van der Waals surface area contributed by atoms with Crippen LogP contribution in [0.1, 0.15) is 39.5 Å². The summed E-state index contributed by atoms with van der Waals surface area (Å²) in [6, 6.07) is 7.83. The largest absolute Gasteiger partial charge is 0.450 e. The van der Waals surface area contributed by atoms with Gasteiger partial charge < -0.3 is 24.8 Å². The number of nitrogens with one attached hydrogen (secondary N) is 1. The van der Waals surface area contributed by atoms with Crippen molar-refractivity contribution in [1.29, 1.82) is 0 Å². The molecule has 3 amide bonds. The number of hydrogen-bond acceptors (Lipinski definition) is 5. The van der Waals surface area contributed by atoms with Crippen LogP contribution in [0.15, 0.2) is 24.3 Å². The van der Waals surface area contributed by atoms with Crippen LogP contribution >= 0.6 is 11.6 Å². The van der Waals surface area contributed by atoms with Gasteiger partial charge in [-0.3, -0.25) is 9.59 Å². The number of carbonyl (C=O) groups excluding carboxylic acids is 3. The summed E-state index contributed by atoms with van der Waals surface area (Å²) in [4.78, 5) is 42.8. The molecule has 2 fully saturated rings. The summed E-state index contributed by atoms with van der Waals surface area (Å²) in [5.74, 6) is 0.0440.